The van der Waals surface area contributed by atoms with Crippen LogP contribution in [0.3, 0.4) is 0 Å². The topological polar surface area (TPSA) is 32.3 Å². The number of hydrogen-bond acceptors (Lipinski definition) is 2. The lowest BCUT2D eigenvalue weighted by molar-refractivity contribution is 0.219. The van der Waals surface area contributed by atoms with Crippen LogP contribution in [0.4, 0.5) is 8.78 Å². The van der Waals surface area contributed by atoms with E-state index in [0.717, 1.165) is 6.07 Å². The van der Waals surface area contributed by atoms with Crippen molar-refractivity contribution in [2.75, 3.05) is 13.2 Å². The third-order valence-corrected chi connectivity index (χ3v) is 2.70. The van der Waals surface area contributed by atoms with Crippen LogP contribution in [-0.2, 0) is 5.54 Å². The van der Waals surface area contributed by atoms with Crippen molar-refractivity contribution in [3.63, 3.8) is 0 Å². The first-order valence-corrected chi connectivity index (χ1v) is 5.35. The van der Waals surface area contributed by atoms with Gasteiger partial charge in [-0.25, -0.2) is 8.78 Å². The van der Waals surface area contributed by atoms with E-state index in [2.05, 4.69) is 5.32 Å². The van der Waals surface area contributed by atoms with E-state index in [9.17, 15) is 8.78 Å². The molecular formula is C12H17F2NO. The number of benzene rings is 1. The summed E-state index contributed by atoms with van der Waals surface area (Å²) in [5.74, 6) is -1.18. The van der Waals surface area contributed by atoms with Crippen LogP contribution in [0.2, 0.25) is 0 Å². The summed E-state index contributed by atoms with van der Waals surface area (Å²) in [7, 11) is 0. The maximum atomic E-state index is 13.6. The molecule has 16 heavy (non-hydrogen) atoms. The monoisotopic (exact) mass is 229 g/mol. The fourth-order valence-electron chi connectivity index (χ4n) is 1.87. The molecule has 90 valence electrons. The van der Waals surface area contributed by atoms with E-state index in [1.165, 1.54) is 12.1 Å². The smallest absolute Gasteiger partial charge is 0.131 e. The molecule has 0 saturated heterocycles. The lowest BCUT2D eigenvalue weighted by Gasteiger charge is -2.31. The molecule has 0 heterocycles. The van der Waals surface area contributed by atoms with Crippen molar-refractivity contribution in [2.45, 2.75) is 25.8 Å². The Labute approximate surface area is 94.3 Å². The molecule has 1 unspecified atom stereocenters. The minimum atomic E-state index is -0.665. The van der Waals surface area contributed by atoms with Crippen LogP contribution in [0.15, 0.2) is 18.2 Å². The predicted octanol–water partition coefficient (Wildman–Crippen LogP) is 2.17. The van der Waals surface area contributed by atoms with Crippen LogP contribution in [0, 0.1) is 11.6 Å². The zero-order valence-corrected chi connectivity index (χ0v) is 9.56. The number of nitrogens with one attached hydrogen (secondary N) is 1. The molecule has 0 aliphatic rings. The summed E-state index contributed by atoms with van der Waals surface area (Å²) in [4.78, 5) is 0. The highest BCUT2D eigenvalue weighted by atomic mass is 19.1. The normalized spacial score (nSPS) is 14.8. The molecule has 1 aromatic rings. The summed E-state index contributed by atoms with van der Waals surface area (Å²) in [6, 6.07) is 3.51. The van der Waals surface area contributed by atoms with E-state index in [0.29, 0.717) is 18.5 Å². The minimum absolute atomic E-state index is 0.0552. The Morgan fingerprint density at radius 3 is 2.56 bits per heavy atom. The molecule has 2 nitrogen and oxygen atoms in total. The zero-order valence-electron chi connectivity index (χ0n) is 9.56. The van der Waals surface area contributed by atoms with Gasteiger partial charge in [0.2, 0.25) is 0 Å². The van der Waals surface area contributed by atoms with Gasteiger partial charge in [0.15, 0.2) is 0 Å². The standard InChI is InChI=1S/C12H17F2NO/c1-3-15-12(2,6-7-16)10-5-4-9(13)8-11(10)14/h4-5,8,15-16H,3,6-7H2,1-2H3. The van der Waals surface area contributed by atoms with Gasteiger partial charge in [-0.1, -0.05) is 13.0 Å². The van der Waals surface area contributed by atoms with E-state index in [1.807, 2.05) is 6.92 Å². The molecular weight excluding hydrogens is 212 g/mol. The van der Waals surface area contributed by atoms with Crippen molar-refractivity contribution in [3.05, 3.63) is 35.4 Å². The van der Waals surface area contributed by atoms with E-state index in [1.54, 1.807) is 6.92 Å². The van der Waals surface area contributed by atoms with Crippen LogP contribution in [0.5, 0.6) is 0 Å². The van der Waals surface area contributed by atoms with E-state index >= 15 is 0 Å². The summed E-state index contributed by atoms with van der Waals surface area (Å²) in [5.41, 5.74) is -0.286. The van der Waals surface area contributed by atoms with Gasteiger partial charge in [0.1, 0.15) is 11.6 Å². The molecule has 0 bridgehead atoms. The molecule has 0 aliphatic heterocycles. The van der Waals surface area contributed by atoms with Gasteiger partial charge in [0.25, 0.3) is 0 Å². The Bertz CT molecular complexity index is 349. The van der Waals surface area contributed by atoms with Crippen LogP contribution in [-0.4, -0.2) is 18.3 Å². The van der Waals surface area contributed by atoms with Crippen molar-refractivity contribution in [2.24, 2.45) is 0 Å². The molecule has 4 heteroatoms. The van der Waals surface area contributed by atoms with Crippen LogP contribution >= 0.6 is 0 Å². The second kappa shape index (κ2) is 5.37. The van der Waals surface area contributed by atoms with Gasteiger partial charge in [0, 0.05) is 23.8 Å². The summed E-state index contributed by atoms with van der Waals surface area (Å²) in [6.45, 7) is 4.29. The first kappa shape index (κ1) is 13.1. The molecule has 1 aromatic carbocycles. The Balaban J connectivity index is 3.10. The van der Waals surface area contributed by atoms with Gasteiger partial charge >= 0.3 is 0 Å². The number of halogens is 2. The fraction of sp³-hybridized carbons (Fsp3) is 0.500. The highest BCUT2D eigenvalue weighted by Crippen LogP contribution is 2.27. The highest BCUT2D eigenvalue weighted by Gasteiger charge is 2.27. The van der Waals surface area contributed by atoms with Crippen molar-refractivity contribution in [1.82, 2.24) is 5.32 Å². The molecule has 0 aliphatic carbocycles. The second-order valence-corrected chi connectivity index (χ2v) is 3.96. The van der Waals surface area contributed by atoms with E-state index < -0.39 is 17.2 Å². The van der Waals surface area contributed by atoms with Gasteiger partial charge in [-0.2, -0.15) is 0 Å². The summed E-state index contributed by atoms with van der Waals surface area (Å²) in [5, 5.41) is 12.1. The SMILES string of the molecule is CCNC(C)(CCO)c1ccc(F)cc1F. The maximum Gasteiger partial charge on any atom is 0.131 e. The molecule has 0 radical (unpaired) electrons. The Kier molecular flexibility index (Phi) is 4.38. The van der Waals surface area contributed by atoms with Crippen molar-refractivity contribution < 1.29 is 13.9 Å². The molecule has 1 atom stereocenters. The molecule has 0 saturated carbocycles. The lowest BCUT2D eigenvalue weighted by Crippen LogP contribution is -2.41. The van der Waals surface area contributed by atoms with Gasteiger partial charge in [-0.05, 0) is 26.0 Å². The highest BCUT2D eigenvalue weighted by molar-refractivity contribution is 5.26. The largest absolute Gasteiger partial charge is 0.396 e. The first-order valence-electron chi connectivity index (χ1n) is 5.35. The summed E-state index contributed by atoms with van der Waals surface area (Å²) >= 11 is 0. The predicted molar refractivity (Wildman–Crippen MR) is 59.1 cm³/mol. The van der Waals surface area contributed by atoms with Gasteiger partial charge in [-0.3, -0.25) is 0 Å². The van der Waals surface area contributed by atoms with Gasteiger partial charge in [0.05, 0.1) is 0 Å². The molecule has 1 rings (SSSR count). The van der Waals surface area contributed by atoms with Gasteiger partial charge in [-0.15, -0.1) is 0 Å². The van der Waals surface area contributed by atoms with Crippen LogP contribution < -0.4 is 5.32 Å². The van der Waals surface area contributed by atoms with Crippen molar-refractivity contribution in [1.29, 1.82) is 0 Å². The average Bonchev–Trinajstić information content (AvgIpc) is 2.17. The molecule has 0 amide bonds. The molecule has 0 spiro atoms. The number of aliphatic hydroxyl groups is 1. The Hall–Kier alpha value is -1.00. The second-order valence-electron chi connectivity index (χ2n) is 3.96. The van der Waals surface area contributed by atoms with E-state index in [4.69, 9.17) is 5.11 Å². The van der Waals surface area contributed by atoms with Crippen molar-refractivity contribution >= 4 is 0 Å². The Morgan fingerprint density at radius 1 is 1.38 bits per heavy atom. The van der Waals surface area contributed by atoms with Crippen molar-refractivity contribution in [3.8, 4) is 0 Å². The molecule has 0 fully saturated rings. The fourth-order valence-corrected chi connectivity index (χ4v) is 1.87. The third-order valence-electron chi connectivity index (χ3n) is 2.70. The Morgan fingerprint density at radius 2 is 2.06 bits per heavy atom. The maximum absolute atomic E-state index is 13.6. The first-order chi connectivity index (χ1) is 7.53. The zero-order chi connectivity index (χ0) is 12.2. The third kappa shape index (κ3) is 2.77. The van der Waals surface area contributed by atoms with E-state index in [-0.39, 0.29) is 6.61 Å². The summed E-state index contributed by atoms with van der Waals surface area (Å²) < 4.78 is 26.4. The number of rotatable bonds is 5. The molecule has 2 N–H and O–H groups in total. The van der Waals surface area contributed by atoms with Gasteiger partial charge < -0.3 is 10.4 Å². The number of aliphatic hydroxyl groups excluding tert-OH is 1. The summed E-state index contributed by atoms with van der Waals surface area (Å²) in [6.07, 6.45) is 0.378. The average molecular weight is 229 g/mol. The molecule has 0 aromatic heterocycles. The van der Waals surface area contributed by atoms with Crippen LogP contribution in [0.25, 0.3) is 0 Å². The quantitative estimate of drug-likeness (QED) is 0.811. The minimum Gasteiger partial charge on any atom is -0.396 e. The van der Waals surface area contributed by atoms with Crippen LogP contribution in [0.1, 0.15) is 25.8 Å². The number of hydrogen-bond donors (Lipinski definition) is 2. The lowest BCUT2D eigenvalue weighted by atomic mass is 9.88.